The Morgan fingerprint density at radius 1 is 1.26 bits per heavy atom. The van der Waals surface area contributed by atoms with Gasteiger partial charge in [-0.3, -0.25) is 4.79 Å². The van der Waals surface area contributed by atoms with Gasteiger partial charge in [-0.1, -0.05) is 12.1 Å². The first-order valence-electron chi connectivity index (χ1n) is 9.89. The van der Waals surface area contributed by atoms with Crippen LogP contribution in [0.4, 0.5) is 0 Å². The molecular weight excluding hydrogens is 414 g/mol. The van der Waals surface area contributed by atoms with Crippen LogP contribution in [0.1, 0.15) is 48.4 Å². The van der Waals surface area contributed by atoms with Crippen LogP contribution in [-0.4, -0.2) is 38.9 Å². The van der Waals surface area contributed by atoms with Gasteiger partial charge >= 0.3 is 0 Å². The normalized spacial score (nSPS) is 14.0. The summed E-state index contributed by atoms with van der Waals surface area (Å²) in [7, 11) is -1.63. The highest BCUT2D eigenvalue weighted by atomic mass is 32.2. The third kappa shape index (κ3) is 5.84. The van der Waals surface area contributed by atoms with Crippen LogP contribution >= 0.6 is 0 Å². The Balaban J connectivity index is 2.23. The first-order valence-corrected chi connectivity index (χ1v) is 11.8. The minimum atomic E-state index is -3.29. The highest BCUT2D eigenvalue weighted by Gasteiger charge is 2.18. The molecular formula is C23H29N3O4S. The zero-order chi connectivity index (χ0) is 23.3. The van der Waals surface area contributed by atoms with Crippen molar-refractivity contribution < 1.29 is 17.9 Å². The standard InChI is InChI=1S/C23H29N3O4S/c1-15-11-20(18(4)26(15)16(2)14-30-5)12-21(13-24)23(27)25-17(3)19-7-9-22(10-8-19)31(6,28)29/h7-12,16-17H,14H2,1-6H3,(H,25,27)/b21-12+. The fourth-order valence-corrected chi connectivity index (χ4v) is 4.24. The highest BCUT2D eigenvalue weighted by Crippen LogP contribution is 2.23. The van der Waals surface area contributed by atoms with Crippen molar-refractivity contribution >= 4 is 21.8 Å². The van der Waals surface area contributed by atoms with Crippen molar-refractivity contribution in [3.05, 3.63) is 58.4 Å². The number of hydrogen-bond acceptors (Lipinski definition) is 5. The highest BCUT2D eigenvalue weighted by molar-refractivity contribution is 7.90. The lowest BCUT2D eigenvalue weighted by atomic mass is 10.1. The van der Waals surface area contributed by atoms with E-state index in [0.29, 0.717) is 6.61 Å². The predicted octanol–water partition coefficient (Wildman–Crippen LogP) is 3.50. The zero-order valence-electron chi connectivity index (χ0n) is 18.8. The summed E-state index contributed by atoms with van der Waals surface area (Å²) in [6.07, 6.45) is 2.73. The molecule has 0 radical (unpaired) electrons. The van der Waals surface area contributed by atoms with Gasteiger partial charge in [0.2, 0.25) is 0 Å². The van der Waals surface area contributed by atoms with E-state index >= 15 is 0 Å². The van der Waals surface area contributed by atoms with E-state index in [0.717, 1.165) is 28.8 Å². The van der Waals surface area contributed by atoms with Crippen molar-refractivity contribution in [2.45, 2.75) is 44.7 Å². The molecule has 0 spiro atoms. The molecule has 0 fully saturated rings. The molecule has 1 amide bonds. The van der Waals surface area contributed by atoms with Gasteiger partial charge in [-0.25, -0.2) is 8.42 Å². The lowest BCUT2D eigenvalue weighted by Crippen LogP contribution is -2.27. The molecule has 0 saturated carbocycles. The number of rotatable bonds is 8. The van der Waals surface area contributed by atoms with Crippen LogP contribution in [0.25, 0.3) is 6.08 Å². The zero-order valence-corrected chi connectivity index (χ0v) is 19.6. The molecule has 0 saturated heterocycles. The molecule has 1 N–H and O–H groups in total. The van der Waals surface area contributed by atoms with Crippen LogP contribution in [0.3, 0.4) is 0 Å². The molecule has 0 bridgehead atoms. The molecule has 0 aliphatic rings. The fourth-order valence-electron chi connectivity index (χ4n) is 3.61. The van der Waals surface area contributed by atoms with Crippen LogP contribution in [0.15, 0.2) is 40.8 Å². The monoisotopic (exact) mass is 443 g/mol. The number of sulfone groups is 1. The quantitative estimate of drug-likeness (QED) is 0.497. The Labute approximate surface area is 184 Å². The number of carbonyl (C=O) groups excluding carboxylic acids is 1. The summed E-state index contributed by atoms with van der Waals surface area (Å²) in [5.41, 5.74) is 3.51. The number of methoxy groups -OCH3 is 1. The van der Waals surface area contributed by atoms with E-state index in [9.17, 15) is 18.5 Å². The molecule has 2 atom stereocenters. The molecule has 0 aliphatic heterocycles. The van der Waals surface area contributed by atoms with Crippen molar-refractivity contribution in [1.82, 2.24) is 9.88 Å². The largest absolute Gasteiger partial charge is 0.383 e. The maximum atomic E-state index is 12.7. The number of aryl methyl sites for hydroxylation is 1. The van der Waals surface area contributed by atoms with Gasteiger partial charge in [0.15, 0.2) is 9.84 Å². The smallest absolute Gasteiger partial charge is 0.262 e. The first-order chi connectivity index (χ1) is 14.5. The molecule has 2 unspecified atom stereocenters. The summed E-state index contributed by atoms with van der Waals surface area (Å²) in [5.74, 6) is -0.489. The lowest BCUT2D eigenvalue weighted by molar-refractivity contribution is -0.117. The molecule has 2 aromatic rings. The van der Waals surface area contributed by atoms with E-state index in [4.69, 9.17) is 4.74 Å². The number of amides is 1. The minimum absolute atomic E-state index is 0.000694. The Morgan fingerprint density at radius 2 is 1.87 bits per heavy atom. The average molecular weight is 444 g/mol. The number of nitriles is 1. The Hall–Kier alpha value is -2.89. The molecule has 1 heterocycles. The van der Waals surface area contributed by atoms with Gasteiger partial charge in [0.05, 0.1) is 23.6 Å². The summed E-state index contributed by atoms with van der Waals surface area (Å²) in [5, 5.41) is 12.4. The average Bonchev–Trinajstić information content (AvgIpc) is 2.98. The molecule has 7 nitrogen and oxygen atoms in total. The summed E-state index contributed by atoms with van der Waals surface area (Å²) in [6, 6.07) is 9.97. The Bertz CT molecular complexity index is 1120. The predicted molar refractivity (Wildman–Crippen MR) is 120 cm³/mol. The van der Waals surface area contributed by atoms with Crippen molar-refractivity contribution in [2.75, 3.05) is 20.0 Å². The SMILES string of the molecule is COCC(C)n1c(C)cc(/C=C(\C#N)C(=O)NC(C)c2ccc(S(C)(=O)=O)cc2)c1C. The molecule has 1 aromatic heterocycles. The van der Waals surface area contributed by atoms with Crippen LogP contribution < -0.4 is 5.32 Å². The van der Waals surface area contributed by atoms with Crippen LogP contribution in [0.2, 0.25) is 0 Å². The number of aromatic nitrogens is 1. The topological polar surface area (TPSA) is 101 Å². The second kappa shape index (κ2) is 9.94. The fraction of sp³-hybridized carbons (Fsp3) is 0.391. The van der Waals surface area contributed by atoms with Crippen molar-refractivity contribution in [3.63, 3.8) is 0 Å². The van der Waals surface area contributed by atoms with Crippen LogP contribution in [0, 0.1) is 25.2 Å². The number of ether oxygens (including phenoxy) is 1. The van der Waals surface area contributed by atoms with Gasteiger partial charge in [0.1, 0.15) is 11.6 Å². The minimum Gasteiger partial charge on any atom is -0.383 e. The van der Waals surface area contributed by atoms with Crippen molar-refractivity contribution in [2.24, 2.45) is 0 Å². The number of hydrogen-bond donors (Lipinski definition) is 1. The molecule has 1 aromatic carbocycles. The van der Waals surface area contributed by atoms with Crippen molar-refractivity contribution in [3.8, 4) is 6.07 Å². The van der Waals surface area contributed by atoms with Gasteiger partial charge in [-0.15, -0.1) is 0 Å². The molecule has 8 heteroatoms. The van der Waals surface area contributed by atoms with E-state index in [1.165, 1.54) is 12.1 Å². The number of nitrogens with zero attached hydrogens (tertiary/aromatic N) is 2. The number of nitrogens with one attached hydrogen (secondary N) is 1. The number of benzene rings is 1. The van der Waals surface area contributed by atoms with E-state index in [1.807, 2.05) is 32.9 Å². The molecule has 166 valence electrons. The molecule has 31 heavy (non-hydrogen) atoms. The summed E-state index contributed by atoms with van der Waals surface area (Å²) >= 11 is 0. The van der Waals surface area contributed by atoms with Gasteiger partial charge in [0.25, 0.3) is 5.91 Å². The van der Waals surface area contributed by atoms with Gasteiger partial charge in [-0.2, -0.15) is 5.26 Å². The first kappa shape index (κ1) is 24.4. The van der Waals surface area contributed by atoms with E-state index in [2.05, 4.69) is 9.88 Å². The summed E-state index contributed by atoms with van der Waals surface area (Å²) < 4.78 is 30.6. The van der Waals surface area contributed by atoms with E-state index in [-0.39, 0.29) is 16.5 Å². The summed E-state index contributed by atoms with van der Waals surface area (Å²) in [6.45, 7) is 8.31. The molecule has 2 rings (SSSR count). The summed E-state index contributed by atoms with van der Waals surface area (Å²) in [4.78, 5) is 12.9. The third-order valence-corrected chi connectivity index (χ3v) is 6.32. The maximum absolute atomic E-state index is 12.7. The van der Waals surface area contributed by atoms with Crippen molar-refractivity contribution in [1.29, 1.82) is 5.26 Å². The lowest BCUT2D eigenvalue weighted by Gasteiger charge is -2.17. The maximum Gasteiger partial charge on any atom is 0.262 e. The molecule has 0 aliphatic carbocycles. The Kier molecular flexibility index (Phi) is 7.82. The van der Waals surface area contributed by atoms with E-state index < -0.39 is 21.8 Å². The second-order valence-corrected chi connectivity index (χ2v) is 9.72. The van der Waals surface area contributed by atoms with Crippen LogP contribution in [0.5, 0.6) is 0 Å². The van der Waals surface area contributed by atoms with Gasteiger partial charge in [-0.05, 0) is 63.1 Å². The Morgan fingerprint density at radius 3 is 2.39 bits per heavy atom. The second-order valence-electron chi connectivity index (χ2n) is 7.71. The third-order valence-electron chi connectivity index (χ3n) is 5.19. The van der Waals surface area contributed by atoms with Gasteiger partial charge < -0.3 is 14.6 Å². The van der Waals surface area contributed by atoms with Gasteiger partial charge in [0, 0.05) is 24.8 Å². The van der Waals surface area contributed by atoms with E-state index in [1.54, 1.807) is 32.2 Å². The van der Waals surface area contributed by atoms with Crippen LogP contribution in [-0.2, 0) is 19.4 Å². The number of carbonyl (C=O) groups is 1.